The van der Waals surface area contributed by atoms with Crippen LogP contribution < -0.4 is 0 Å². The number of sulfonamides is 1. The van der Waals surface area contributed by atoms with E-state index < -0.39 is 25.9 Å². The van der Waals surface area contributed by atoms with E-state index in [4.69, 9.17) is 0 Å². The van der Waals surface area contributed by atoms with Gasteiger partial charge in [0, 0.05) is 13.1 Å². The molecular weight excluding hydrogens is 298 g/mol. The monoisotopic (exact) mass is 317 g/mol. The third-order valence-corrected chi connectivity index (χ3v) is 7.53. The van der Waals surface area contributed by atoms with Crippen LogP contribution in [0.1, 0.15) is 17.5 Å². The highest BCUT2D eigenvalue weighted by molar-refractivity contribution is 7.92. The first-order valence-electron chi connectivity index (χ1n) is 6.39. The normalized spacial score (nSPS) is 22.3. The standard InChI is InChI=1S/C13H19NO4S2/c1-10-4-5-13(8-11(10)2)20(17,18)14(3)12-6-7-19(15,16)9-12/h4-5,8,12H,6-7,9H2,1-3H3/t12-/m1/s1. The van der Waals surface area contributed by atoms with E-state index in [1.54, 1.807) is 18.2 Å². The number of hydrogen-bond donors (Lipinski definition) is 0. The molecule has 0 radical (unpaired) electrons. The summed E-state index contributed by atoms with van der Waals surface area (Å²) in [6.45, 7) is 3.77. The molecule has 1 aliphatic heterocycles. The third-order valence-electron chi connectivity index (χ3n) is 3.88. The van der Waals surface area contributed by atoms with Gasteiger partial charge in [0.15, 0.2) is 9.84 Å². The fraction of sp³-hybridized carbons (Fsp3) is 0.538. The summed E-state index contributed by atoms with van der Waals surface area (Å²) in [7, 11) is -5.29. The van der Waals surface area contributed by atoms with Crippen LogP contribution in [0.3, 0.4) is 0 Å². The molecule has 112 valence electrons. The van der Waals surface area contributed by atoms with Gasteiger partial charge in [0.1, 0.15) is 0 Å². The van der Waals surface area contributed by atoms with Crippen LogP contribution in [0.2, 0.25) is 0 Å². The molecule has 1 aromatic rings. The SMILES string of the molecule is Cc1ccc(S(=O)(=O)N(C)[C@@H]2CCS(=O)(=O)C2)cc1C. The van der Waals surface area contributed by atoms with Crippen LogP contribution >= 0.6 is 0 Å². The molecule has 1 atom stereocenters. The van der Waals surface area contributed by atoms with Crippen molar-refractivity contribution in [3.05, 3.63) is 29.3 Å². The lowest BCUT2D eigenvalue weighted by atomic mass is 10.1. The second kappa shape index (κ2) is 5.13. The summed E-state index contributed by atoms with van der Waals surface area (Å²) in [6, 6.07) is 4.50. The average Bonchev–Trinajstić information content (AvgIpc) is 2.72. The Kier molecular flexibility index (Phi) is 3.96. The number of aryl methyl sites for hydroxylation is 2. The summed E-state index contributed by atoms with van der Waals surface area (Å²) in [4.78, 5) is 0.215. The van der Waals surface area contributed by atoms with Crippen molar-refractivity contribution >= 4 is 19.9 Å². The fourth-order valence-electron chi connectivity index (χ4n) is 2.30. The van der Waals surface area contributed by atoms with Crippen molar-refractivity contribution in [2.45, 2.75) is 31.2 Å². The van der Waals surface area contributed by atoms with Crippen molar-refractivity contribution in [2.75, 3.05) is 18.6 Å². The van der Waals surface area contributed by atoms with E-state index in [9.17, 15) is 16.8 Å². The van der Waals surface area contributed by atoms with Gasteiger partial charge in [-0.25, -0.2) is 16.8 Å². The Hall–Kier alpha value is -0.920. The van der Waals surface area contributed by atoms with Crippen LogP contribution in [-0.4, -0.2) is 45.7 Å². The Labute approximate surface area is 120 Å². The molecule has 20 heavy (non-hydrogen) atoms. The Morgan fingerprint density at radius 2 is 1.85 bits per heavy atom. The van der Waals surface area contributed by atoms with Gasteiger partial charge < -0.3 is 0 Å². The summed E-state index contributed by atoms with van der Waals surface area (Å²) in [5.41, 5.74) is 1.92. The first-order valence-corrected chi connectivity index (χ1v) is 9.65. The van der Waals surface area contributed by atoms with E-state index >= 15 is 0 Å². The molecule has 1 aliphatic rings. The number of hydrogen-bond acceptors (Lipinski definition) is 4. The molecular formula is C13H19NO4S2. The number of nitrogens with zero attached hydrogens (tertiary/aromatic N) is 1. The lowest BCUT2D eigenvalue weighted by molar-refractivity contribution is 0.394. The second-order valence-electron chi connectivity index (χ2n) is 5.32. The van der Waals surface area contributed by atoms with Crippen molar-refractivity contribution in [3.8, 4) is 0 Å². The van der Waals surface area contributed by atoms with Gasteiger partial charge in [0.2, 0.25) is 10.0 Å². The van der Waals surface area contributed by atoms with Gasteiger partial charge in [0.25, 0.3) is 0 Å². The molecule has 7 heteroatoms. The largest absolute Gasteiger partial charge is 0.243 e. The summed E-state index contributed by atoms with van der Waals surface area (Å²) >= 11 is 0. The minimum Gasteiger partial charge on any atom is -0.229 e. The van der Waals surface area contributed by atoms with Crippen molar-refractivity contribution in [1.29, 1.82) is 0 Å². The van der Waals surface area contributed by atoms with Crippen LogP contribution in [0.15, 0.2) is 23.1 Å². The predicted molar refractivity (Wildman–Crippen MR) is 77.9 cm³/mol. The number of rotatable bonds is 3. The van der Waals surface area contributed by atoms with Gasteiger partial charge in [0.05, 0.1) is 16.4 Å². The average molecular weight is 317 g/mol. The zero-order valence-corrected chi connectivity index (χ0v) is 13.5. The lowest BCUT2D eigenvalue weighted by Gasteiger charge is -2.23. The smallest absolute Gasteiger partial charge is 0.229 e. The number of benzene rings is 1. The molecule has 1 heterocycles. The van der Waals surface area contributed by atoms with Gasteiger partial charge in [-0.15, -0.1) is 0 Å². The van der Waals surface area contributed by atoms with Crippen LogP contribution in [-0.2, 0) is 19.9 Å². The van der Waals surface area contributed by atoms with E-state index in [1.807, 2.05) is 13.8 Å². The molecule has 0 N–H and O–H groups in total. The summed E-state index contributed by atoms with van der Waals surface area (Å²) in [5, 5.41) is 0. The van der Waals surface area contributed by atoms with E-state index in [0.717, 1.165) is 11.1 Å². The molecule has 1 saturated heterocycles. The van der Waals surface area contributed by atoms with Gasteiger partial charge in [-0.05, 0) is 43.5 Å². The quantitative estimate of drug-likeness (QED) is 0.837. The molecule has 1 aromatic carbocycles. The molecule has 5 nitrogen and oxygen atoms in total. The third kappa shape index (κ3) is 2.89. The second-order valence-corrected chi connectivity index (χ2v) is 9.55. The highest BCUT2D eigenvalue weighted by Gasteiger charge is 2.36. The first kappa shape index (κ1) is 15.5. The Balaban J connectivity index is 2.32. The van der Waals surface area contributed by atoms with Gasteiger partial charge in [-0.2, -0.15) is 4.31 Å². The van der Waals surface area contributed by atoms with Crippen LogP contribution in [0.4, 0.5) is 0 Å². The molecule has 0 bridgehead atoms. The van der Waals surface area contributed by atoms with Crippen LogP contribution in [0.5, 0.6) is 0 Å². The molecule has 0 saturated carbocycles. The molecule has 0 unspecified atom stereocenters. The zero-order chi connectivity index (χ0) is 15.1. The Bertz CT molecular complexity index is 723. The van der Waals surface area contributed by atoms with Gasteiger partial charge in [-0.1, -0.05) is 6.07 Å². The number of sulfone groups is 1. The van der Waals surface area contributed by atoms with E-state index in [2.05, 4.69) is 0 Å². The van der Waals surface area contributed by atoms with E-state index in [-0.39, 0.29) is 16.4 Å². The first-order chi connectivity index (χ1) is 9.13. The van der Waals surface area contributed by atoms with Crippen LogP contribution in [0, 0.1) is 13.8 Å². The van der Waals surface area contributed by atoms with Gasteiger partial charge in [-0.3, -0.25) is 0 Å². The highest BCUT2D eigenvalue weighted by Crippen LogP contribution is 2.24. The maximum absolute atomic E-state index is 12.5. The minimum atomic E-state index is -3.64. The van der Waals surface area contributed by atoms with Crippen molar-refractivity contribution in [2.24, 2.45) is 0 Å². The zero-order valence-electron chi connectivity index (χ0n) is 11.8. The maximum atomic E-state index is 12.5. The molecule has 0 aromatic heterocycles. The Morgan fingerprint density at radius 3 is 2.35 bits per heavy atom. The summed E-state index contributed by atoms with van der Waals surface area (Å²) in [6.07, 6.45) is 0.364. The Morgan fingerprint density at radius 1 is 1.20 bits per heavy atom. The van der Waals surface area contributed by atoms with Crippen LogP contribution in [0.25, 0.3) is 0 Å². The summed E-state index contributed by atoms with van der Waals surface area (Å²) < 4.78 is 49.2. The molecule has 1 fully saturated rings. The van der Waals surface area contributed by atoms with Gasteiger partial charge >= 0.3 is 0 Å². The topological polar surface area (TPSA) is 71.5 Å². The summed E-state index contributed by atoms with van der Waals surface area (Å²) in [5.74, 6) is -0.0297. The lowest BCUT2D eigenvalue weighted by Crippen LogP contribution is -2.37. The fourth-order valence-corrected chi connectivity index (χ4v) is 5.64. The minimum absolute atomic E-state index is 0.0600. The molecule has 2 rings (SSSR count). The van der Waals surface area contributed by atoms with Crippen molar-refractivity contribution < 1.29 is 16.8 Å². The molecule has 0 aliphatic carbocycles. The van der Waals surface area contributed by atoms with Crippen molar-refractivity contribution in [1.82, 2.24) is 4.31 Å². The van der Waals surface area contributed by atoms with Crippen molar-refractivity contribution in [3.63, 3.8) is 0 Å². The highest BCUT2D eigenvalue weighted by atomic mass is 32.2. The maximum Gasteiger partial charge on any atom is 0.243 e. The van der Waals surface area contributed by atoms with E-state index in [1.165, 1.54) is 11.4 Å². The molecule has 0 spiro atoms. The molecule has 0 amide bonds. The van der Waals surface area contributed by atoms with E-state index in [0.29, 0.717) is 6.42 Å². The predicted octanol–water partition coefficient (Wildman–Crippen LogP) is 1.11.